The third-order valence-electron chi connectivity index (χ3n) is 4.92. The fraction of sp³-hybridized carbons (Fsp3) is 0. The van der Waals surface area contributed by atoms with Crippen LogP contribution < -0.4 is 4.90 Å². The van der Waals surface area contributed by atoms with Gasteiger partial charge in [0.2, 0.25) is 0 Å². The van der Waals surface area contributed by atoms with Gasteiger partial charge >= 0.3 is 0 Å². The number of nitrogens with zero attached hydrogens (tertiary/aromatic N) is 1. The summed E-state index contributed by atoms with van der Waals surface area (Å²) in [5, 5.41) is 0.585. The number of hydrogen-bond donors (Lipinski definition) is 0. The summed E-state index contributed by atoms with van der Waals surface area (Å²) in [7, 11) is 0. The highest BCUT2D eigenvalue weighted by Crippen LogP contribution is 2.48. The number of benzene rings is 3. The van der Waals surface area contributed by atoms with Gasteiger partial charge in [-0.3, -0.25) is 9.69 Å². The monoisotopic (exact) mass is 585 g/mol. The van der Waals surface area contributed by atoms with Gasteiger partial charge in [-0.15, -0.1) is 0 Å². The maximum absolute atomic E-state index is 13.3. The minimum absolute atomic E-state index is 0.177. The molecule has 158 valence electrons. The molecule has 0 saturated heterocycles. The van der Waals surface area contributed by atoms with Crippen LogP contribution in [-0.4, -0.2) is 5.91 Å². The summed E-state index contributed by atoms with van der Waals surface area (Å²) in [4.78, 5) is 17.0. The number of fused-ring (bicyclic) bond motifs is 2. The minimum atomic E-state index is -0.177. The molecule has 4 aromatic rings. The number of halogens is 3. The lowest BCUT2D eigenvalue weighted by Crippen LogP contribution is -2.26. The third kappa shape index (κ3) is 4.20. The first-order valence-corrected chi connectivity index (χ1v) is 12.4. The highest BCUT2D eigenvalue weighted by molar-refractivity contribution is 9.11. The van der Waals surface area contributed by atoms with E-state index in [2.05, 4.69) is 31.9 Å². The summed E-state index contributed by atoms with van der Waals surface area (Å²) >= 11 is 14.9. The molecule has 1 aromatic heterocycles. The molecule has 32 heavy (non-hydrogen) atoms. The van der Waals surface area contributed by atoms with Crippen molar-refractivity contribution in [1.29, 1.82) is 0 Å². The molecule has 7 heteroatoms. The van der Waals surface area contributed by atoms with Gasteiger partial charge in [0, 0.05) is 35.4 Å². The van der Waals surface area contributed by atoms with Gasteiger partial charge in [0.1, 0.15) is 11.5 Å². The van der Waals surface area contributed by atoms with E-state index in [1.165, 1.54) is 6.08 Å². The van der Waals surface area contributed by atoms with Gasteiger partial charge in [0.05, 0.1) is 11.4 Å². The van der Waals surface area contributed by atoms with Crippen molar-refractivity contribution in [3.63, 3.8) is 0 Å². The molecule has 1 amide bonds. The lowest BCUT2D eigenvalue weighted by molar-refractivity contribution is -0.113. The Hall–Kier alpha value is -2.25. The Morgan fingerprint density at radius 2 is 1.75 bits per heavy atom. The first-order valence-electron chi connectivity index (χ1n) is 9.63. The zero-order valence-corrected chi connectivity index (χ0v) is 21.1. The molecule has 3 nitrogen and oxygen atoms in total. The van der Waals surface area contributed by atoms with Crippen LogP contribution in [0.5, 0.6) is 0 Å². The molecule has 0 aliphatic carbocycles. The average Bonchev–Trinajstić information content (AvgIpc) is 3.24. The van der Waals surface area contributed by atoms with Crippen LogP contribution in [0.25, 0.3) is 17.4 Å². The SMILES string of the molecule is O=C(/C=C/c1ccc(-c2ccc(Br)cc2Br)o1)N1c2ccccc2Sc2ccc(Cl)cc21. The van der Waals surface area contributed by atoms with E-state index < -0.39 is 0 Å². The molecule has 0 saturated carbocycles. The summed E-state index contributed by atoms with van der Waals surface area (Å²) in [6.07, 6.45) is 3.21. The lowest BCUT2D eigenvalue weighted by Gasteiger charge is -2.30. The summed E-state index contributed by atoms with van der Waals surface area (Å²) in [5.74, 6) is 1.13. The van der Waals surface area contributed by atoms with Crippen molar-refractivity contribution in [3.8, 4) is 11.3 Å². The van der Waals surface area contributed by atoms with E-state index in [0.29, 0.717) is 16.5 Å². The summed E-state index contributed by atoms with van der Waals surface area (Å²) in [6.45, 7) is 0. The van der Waals surface area contributed by atoms with Gasteiger partial charge in [-0.25, -0.2) is 0 Å². The van der Waals surface area contributed by atoms with E-state index in [0.717, 1.165) is 35.7 Å². The zero-order chi connectivity index (χ0) is 22.2. The molecule has 0 atom stereocenters. The molecule has 2 heterocycles. The molecular weight excluding hydrogens is 574 g/mol. The predicted octanol–water partition coefficient (Wildman–Crippen LogP) is 8.97. The largest absolute Gasteiger partial charge is 0.457 e. The van der Waals surface area contributed by atoms with Crippen LogP contribution in [0.3, 0.4) is 0 Å². The van der Waals surface area contributed by atoms with E-state index >= 15 is 0 Å². The van der Waals surface area contributed by atoms with Crippen LogP contribution in [-0.2, 0) is 4.79 Å². The molecule has 0 fully saturated rings. The van der Waals surface area contributed by atoms with Crippen LogP contribution in [0.2, 0.25) is 5.02 Å². The second-order valence-electron chi connectivity index (χ2n) is 7.01. The standard InChI is InChI=1S/C25H14Br2ClNO2S/c26-15-5-9-18(19(27)13-15)22-10-7-17(31-22)8-12-25(30)29-20-3-1-2-4-23(20)32-24-11-6-16(28)14-21(24)29/h1-14H/b12-8+. The minimum Gasteiger partial charge on any atom is -0.457 e. The zero-order valence-electron chi connectivity index (χ0n) is 16.4. The number of carbonyl (C=O) groups excluding carboxylic acids is 1. The number of rotatable bonds is 3. The highest BCUT2D eigenvalue weighted by atomic mass is 79.9. The fourth-order valence-electron chi connectivity index (χ4n) is 3.47. The number of amides is 1. The van der Waals surface area contributed by atoms with Crippen LogP contribution in [0.15, 0.2) is 102 Å². The van der Waals surface area contributed by atoms with E-state index in [-0.39, 0.29) is 5.91 Å². The Morgan fingerprint density at radius 1 is 0.938 bits per heavy atom. The number of hydrogen-bond acceptors (Lipinski definition) is 3. The van der Waals surface area contributed by atoms with E-state index in [4.69, 9.17) is 16.0 Å². The Balaban J connectivity index is 1.46. The van der Waals surface area contributed by atoms with Crippen LogP contribution in [0.4, 0.5) is 11.4 Å². The Kier molecular flexibility index (Phi) is 6.03. The van der Waals surface area contributed by atoms with Crippen molar-refractivity contribution in [2.24, 2.45) is 0 Å². The van der Waals surface area contributed by atoms with Crippen LogP contribution >= 0.6 is 55.2 Å². The molecule has 0 N–H and O–H groups in total. The molecular formula is C25H14Br2ClNO2S. The summed E-state index contributed by atoms with van der Waals surface area (Å²) < 4.78 is 7.86. The first kappa shape index (κ1) is 21.6. The summed E-state index contributed by atoms with van der Waals surface area (Å²) in [5.41, 5.74) is 2.54. The third-order valence-corrected chi connectivity index (χ3v) is 7.44. The number of para-hydroxylation sites is 1. The van der Waals surface area contributed by atoms with Gasteiger partial charge in [0.15, 0.2) is 0 Å². The molecule has 5 rings (SSSR count). The molecule has 1 aliphatic heterocycles. The topological polar surface area (TPSA) is 33.5 Å². The average molecular weight is 588 g/mol. The molecule has 3 aromatic carbocycles. The van der Waals surface area contributed by atoms with Crippen molar-refractivity contribution in [2.75, 3.05) is 4.90 Å². The van der Waals surface area contributed by atoms with E-state index in [1.54, 1.807) is 22.7 Å². The molecule has 0 bridgehead atoms. The number of anilines is 2. The molecule has 0 unspecified atom stereocenters. The van der Waals surface area contributed by atoms with Crippen molar-refractivity contribution in [2.45, 2.75) is 9.79 Å². The van der Waals surface area contributed by atoms with Gasteiger partial charge in [-0.2, -0.15) is 0 Å². The Labute approximate surface area is 211 Å². The summed E-state index contributed by atoms with van der Waals surface area (Å²) in [6, 6.07) is 23.1. The second kappa shape index (κ2) is 8.94. The van der Waals surface area contributed by atoms with Gasteiger partial charge in [-0.1, -0.05) is 51.4 Å². The number of carbonyl (C=O) groups is 1. The smallest absolute Gasteiger partial charge is 0.255 e. The predicted molar refractivity (Wildman–Crippen MR) is 138 cm³/mol. The van der Waals surface area contributed by atoms with Crippen LogP contribution in [0.1, 0.15) is 5.76 Å². The second-order valence-corrected chi connectivity index (χ2v) is 10.3. The maximum Gasteiger partial charge on any atom is 0.255 e. The van der Waals surface area contributed by atoms with Crippen molar-refractivity contribution in [3.05, 3.63) is 98.6 Å². The van der Waals surface area contributed by atoms with Gasteiger partial charge < -0.3 is 4.42 Å². The van der Waals surface area contributed by atoms with E-state index in [1.807, 2.05) is 72.8 Å². The van der Waals surface area contributed by atoms with Crippen LogP contribution in [0, 0.1) is 0 Å². The maximum atomic E-state index is 13.3. The first-order chi connectivity index (χ1) is 15.5. The lowest BCUT2D eigenvalue weighted by atomic mass is 10.2. The molecule has 1 aliphatic rings. The van der Waals surface area contributed by atoms with Gasteiger partial charge in [-0.05, 0) is 82.7 Å². The van der Waals surface area contributed by atoms with Gasteiger partial charge in [0.25, 0.3) is 5.91 Å². The normalized spacial score (nSPS) is 12.7. The van der Waals surface area contributed by atoms with E-state index in [9.17, 15) is 4.79 Å². The quantitative estimate of drug-likeness (QED) is 0.224. The van der Waals surface area contributed by atoms with Crippen molar-refractivity contribution >= 4 is 78.6 Å². The fourth-order valence-corrected chi connectivity index (χ4v) is 5.92. The Bertz CT molecular complexity index is 1380. The Morgan fingerprint density at radius 3 is 2.59 bits per heavy atom. The molecule has 0 spiro atoms. The molecule has 0 radical (unpaired) electrons. The highest BCUT2D eigenvalue weighted by Gasteiger charge is 2.27. The van der Waals surface area contributed by atoms with Crippen molar-refractivity contribution < 1.29 is 9.21 Å². The number of furan rings is 1. The van der Waals surface area contributed by atoms with Crippen molar-refractivity contribution in [1.82, 2.24) is 0 Å².